The van der Waals surface area contributed by atoms with E-state index in [4.69, 9.17) is 9.47 Å². The Morgan fingerprint density at radius 3 is 2.41 bits per heavy atom. The largest absolute Gasteiger partial charge is 0.489 e. The fourth-order valence-corrected chi connectivity index (χ4v) is 4.65. The molecule has 0 saturated heterocycles. The fourth-order valence-electron chi connectivity index (χ4n) is 4.65. The average molecular weight is 454 g/mol. The predicted octanol–water partition coefficient (Wildman–Crippen LogP) is 5.47. The van der Waals surface area contributed by atoms with Crippen LogP contribution in [0.1, 0.15) is 41.5 Å². The summed E-state index contributed by atoms with van der Waals surface area (Å²) in [6.45, 7) is 4.76. The topological polar surface area (TPSA) is 55.8 Å². The van der Waals surface area contributed by atoms with Gasteiger partial charge in [-0.25, -0.2) is 4.79 Å². The Kier molecular flexibility index (Phi) is 5.93. The number of benzene rings is 3. The SMILES string of the molecule is CCc1ccc(N2C(=O)CC(c3ccc(OCc4ccccc4C)cc3)C3=C2COC3=O)cc1. The van der Waals surface area contributed by atoms with Crippen LogP contribution in [0.5, 0.6) is 5.75 Å². The Hall–Kier alpha value is -3.86. The first-order valence-electron chi connectivity index (χ1n) is 11.6. The molecule has 0 aliphatic carbocycles. The quantitative estimate of drug-likeness (QED) is 0.465. The number of aryl methyl sites for hydroxylation is 2. The van der Waals surface area contributed by atoms with Crippen LogP contribution in [0.4, 0.5) is 5.69 Å². The minimum atomic E-state index is -0.345. The van der Waals surface area contributed by atoms with E-state index in [1.165, 1.54) is 11.1 Å². The maximum absolute atomic E-state index is 13.2. The first-order valence-corrected chi connectivity index (χ1v) is 11.6. The van der Waals surface area contributed by atoms with Gasteiger partial charge in [0.15, 0.2) is 0 Å². The number of rotatable bonds is 6. The molecule has 2 aliphatic heterocycles. The summed E-state index contributed by atoms with van der Waals surface area (Å²) in [7, 11) is 0. The first-order chi connectivity index (χ1) is 16.5. The number of nitrogens with zero attached hydrogens (tertiary/aromatic N) is 1. The second kappa shape index (κ2) is 9.18. The van der Waals surface area contributed by atoms with E-state index in [-0.39, 0.29) is 30.8 Å². The highest BCUT2D eigenvalue weighted by Gasteiger charge is 2.42. The fraction of sp³-hybridized carbons (Fsp3) is 0.241. The minimum absolute atomic E-state index is 0.0359. The van der Waals surface area contributed by atoms with Crippen molar-refractivity contribution in [2.75, 3.05) is 11.5 Å². The number of carbonyl (C=O) groups excluding carboxylic acids is 2. The zero-order valence-corrected chi connectivity index (χ0v) is 19.4. The van der Waals surface area contributed by atoms with E-state index in [1.807, 2.05) is 60.7 Å². The molecule has 5 rings (SSSR count). The number of amides is 1. The second-order valence-corrected chi connectivity index (χ2v) is 8.73. The molecule has 3 aromatic rings. The second-order valence-electron chi connectivity index (χ2n) is 8.73. The van der Waals surface area contributed by atoms with Gasteiger partial charge in [-0.3, -0.25) is 9.69 Å². The van der Waals surface area contributed by atoms with Crippen LogP contribution in [0.3, 0.4) is 0 Å². The van der Waals surface area contributed by atoms with Crippen LogP contribution >= 0.6 is 0 Å². The van der Waals surface area contributed by atoms with Gasteiger partial charge in [0.05, 0.1) is 11.3 Å². The molecule has 2 heterocycles. The van der Waals surface area contributed by atoms with Gasteiger partial charge >= 0.3 is 5.97 Å². The molecule has 0 radical (unpaired) electrons. The molecule has 0 aromatic heterocycles. The van der Waals surface area contributed by atoms with Crippen LogP contribution < -0.4 is 9.64 Å². The van der Waals surface area contributed by atoms with Crippen molar-refractivity contribution in [3.05, 3.63) is 106 Å². The molecule has 1 amide bonds. The molecule has 3 aromatic carbocycles. The maximum Gasteiger partial charge on any atom is 0.336 e. The van der Waals surface area contributed by atoms with Gasteiger partial charge in [0.1, 0.15) is 19.0 Å². The smallest absolute Gasteiger partial charge is 0.336 e. The molecule has 1 unspecified atom stereocenters. The van der Waals surface area contributed by atoms with Crippen LogP contribution in [0.2, 0.25) is 0 Å². The van der Waals surface area contributed by atoms with Crippen molar-refractivity contribution in [1.82, 2.24) is 0 Å². The summed E-state index contributed by atoms with van der Waals surface area (Å²) in [5, 5.41) is 0. The van der Waals surface area contributed by atoms with Crippen LogP contribution in [0.25, 0.3) is 0 Å². The Labute approximate surface area is 199 Å². The van der Waals surface area contributed by atoms with E-state index in [9.17, 15) is 9.59 Å². The van der Waals surface area contributed by atoms with Crippen molar-refractivity contribution < 1.29 is 19.1 Å². The minimum Gasteiger partial charge on any atom is -0.489 e. The molecule has 5 nitrogen and oxygen atoms in total. The average Bonchev–Trinajstić information content (AvgIpc) is 3.24. The Balaban J connectivity index is 1.39. The monoisotopic (exact) mass is 453 g/mol. The third-order valence-corrected chi connectivity index (χ3v) is 6.66. The van der Waals surface area contributed by atoms with Crippen molar-refractivity contribution in [2.45, 2.75) is 39.2 Å². The van der Waals surface area contributed by atoms with Crippen molar-refractivity contribution in [3.8, 4) is 5.75 Å². The Morgan fingerprint density at radius 2 is 1.71 bits per heavy atom. The lowest BCUT2D eigenvalue weighted by molar-refractivity contribution is -0.136. The van der Waals surface area contributed by atoms with E-state index in [0.29, 0.717) is 17.9 Å². The normalized spacial score (nSPS) is 17.6. The lowest BCUT2D eigenvalue weighted by Gasteiger charge is -2.32. The van der Waals surface area contributed by atoms with E-state index in [0.717, 1.165) is 29.0 Å². The van der Waals surface area contributed by atoms with Crippen LogP contribution in [-0.4, -0.2) is 18.5 Å². The summed E-state index contributed by atoms with van der Waals surface area (Å²) in [4.78, 5) is 27.6. The molecular weight excluding hydrogens is 426 g/mol. The van der Waals surface area contributed by atoms with Gasteiger partial charge in [-0.15, -0.1) is 0 Å². The number of cyclic esters (lactones) is 1. The van der Waals surface area contributed by atoms with Crippen LogP contribution in [0, 0.1) is 6.92 Å². The number of esters is 1. The van der Waals surface area contributed by atoms with Gasteiger partial charge in [0, 0.05) is 18.0 Å². The lowest BCUT2D eigenvalue weighted by atomic mass is 9.84. The summed E-state index contributed by atoms with van der Waals surface area (Å²) in [6.07, 6.45) is 1.14. The van der Waals surface area contributed by atoms with Gasteiger partial charge in [-0.1, -0.05) is 55.5 Å². The molecular formula is C29H27NO4. The predicted molar refractivity (Wildman–Crippen MR) is 131 cm³/mol. The highest BCUT2D eigenvalue weighted by molar-refractivity contribution is 6.06. The third kappa shape index (κ3) is 4.10. The molecule has 34 heavy (non-hydrogen) atoms. The third-order valence-electron chi connectivity index (χ3n) is 6.66. The number of hydrogen-bond donors (Lipinski definition) is 0. The summed E-state index contributed by atoms with van der Waals surface area (Å²) in [5.74, 6) is 0.0396. The van der Waals surface area contributed by atoms with Crippen LogP contribution in [-0.2, 0) is 27.4 Å². The lowest BCUT2D eigenvalue weighted by Crippen LogP contribution is -2.37. The van der Waals surface area contributed by atoms with E-state index in [2.05, 4.69) is 26.0 Å². The molecule has 0 spiro atoms. The zero-order chi connectivity index (χ0) is 23.7. The van der Waals surface area contributed by atoms with E-state index < -0.39 is 0 Å². The molecule has 0 fully saturated rings. The van der Waals surface area contributed by atoms with Gasteiger partial charge in [0.2, 0.25) is 5.91 Å². The highest BCUT2D eigenvalue weighted by Crippen LogP contribution is 2.42. The zero-order valence-electron chi connectivity index (χ0n) is 19.4. The van der Waals surface area contributed by atoms with E-state index >= 15 is 0 Å². The maximum atomic E-state index is 13.2. The number of hydrogen-bond acceptors (Lipinski definition) is 4. The van der Waals surface area contributed by atoms with Gasteiger partial charge in [-0.2, -0.15) is 0 Å². The summed E-state index contributed by atoms with van der Waals surface area (Å²) >= 11 is 0. The molecule has 0 saturated carbocycles. The summed E-state index contributed by atoms with van der Waals surface area (Å²) in [5.41, 5.74) is 6.43. The number of ether oxygens (including phenoxy) is 2. The first kappa shape index (κ1) is 22.0. The van der Waals surface area contributed by atoms with Crippen molar-refractivity contribution >= 4 is 17.6 Å². The number of carbonyl (C=O) groups is 2. The molecule has 0 N–H and O–H groups in total. The summed E-state index contributed by atoms with van der Waals surface area (Å²) < 4.78 is 11.3. The van der Waals surface area contributed by atoms with E-state index in [1.54, 1.807) is 4.90 Å². The standard InChI is InChI=1S/C29H27NO4/c1-3-20-8-12-23(13-9-20)30-26-18-34-29(32)28(26)25(16-27(30)31)21-10-14-24(15-11-21)33-17-22-7-5-4-6-19(22)2/h4-15,25H,3,16-18H2,1-2H3. The van der Waals surface area contributed by atoms with Crippen LogP contribution in [0.15, 0.2) is 84.1 Å². The molecule has 1 atom stereocenters. The molecule has 2 aliphatic rings. The highest BCUT2D eigenvalue weighted by atomic mass is 16.5. The molecule has 5 heteroatoms. The number of anilines is 1. The van der Waals surface area contributed by atoms with Crippen molar-refractivity contribution in [3.63, 3.8) is 0 Å². The molecule has 0 bridgehead atoms. The Morgan fingerprint density at radius 1 is 0.971 bits per heavy atom. The molecule has 172 valence electrons. The van der Waals surface area contributed by atoms with Gasteiger partial charge in [-0.05, 0) is 59.9 Å². The van der Waals surface area contributed by atoms with Crippen molar-refractivity contribution in [2.24, 2.45) is 0 Å². The Bertz CT molecular complexity index is 1260. The summed E-state index contributed by atoms with van der Waals surface area (Å²) in [6, 6.07) is 23.7. The van der Waals surface area contributed by atoms with Gasteiger partial charge < -0.3 is 9.47 Å². The van der Waals surface area contributed by atoms with Gasteiger partial charge in [0.25, 0.3) is 0 Å². The van der Waals surface area contributed by atoms with Crippen molar-refractivity contribution in [1.29, 1.82) is 0 Å².